The molecule has 0 aliphatic carbocycles. The van der Waals surface area contributed by atoms with Crippen molar-refractivity contribution in [1.29, 1.82) is 0 Å². The number of ether oxygens (including phenoxy) is 1. The first kappa shape index (κ1) is 24.4. The number of aryl methyl sites for hydroxylation is 1. The Bertz CT molecular complexity index is 1350. The van der Waals surface area contributed by atoms with E-state index in [1.165, 1.54) is 6.07 Å². The fourth-order valence-electron chi connectivity index (χ4n) is 5.47. The number of aromatic nitrogens is 2. The van der Waals surface area contributed by atoms with E-state index < -0.39 is 0 Å². The number of carbonyl (C=O) groups is 1. The molecule has 2 aliphatic rings. The van der Waals surface area contributed by atoms with E-state index in [1.807, 2.05) is 36.9 Å². The van der Waals surface area contributed by atoms with Gasteiger partial charge in [-0.25, -0.2) is 4.39 Å². The summed E-state index contributed by atoms with van der Waals surface area (Å²) in [5.74, 6) is -0.208. The molecule has 1 saturated heterocycles. The van der Waals surface area contributed by atoms with Crippen molar-refractivity contribution < 1.29 is 13.9 Å². The zero-order chi connectivity index (χ0) is 25.4. The monoisotopic (exact) mass is 489 g/mol. The number of halogens is 1. The fourth-order valence-corrected chi connectivity index (χ4v) is 5.47. The van der Waals surface area contributed by atoms with E-state index >= 15 is 0 Å². The van der Waals surface area contributed by atoms with E-state index in [4.69, 9.17) is 4.74 Å². The van der Waals surface area contributed by atoms with Crippen LogP contribution < -0.4 is 5.56 Å². The van der Waals surface area contributed by atoms with Crippen LogP contribution in [-0.4, -0.2) is 39.1 Å². The molecule has 36 heavy (non-hydrogen) atoms. The smallest absolute Gasteiger partial charge is 0.258 e. The Morgan fingerprint density at radius 1 is 1.25 bits per heavy atom. The lowest BCUT2D eigenvalue weighted by molar-refractivity contribution is -0.146. The molecule has 6 nitrogen and oxygen atoms in total. The third kappa shape index (κ3) is 4.85. The Hall–Kier alpha value is -3.32. The van der Waals surface area contributed by atoms with Crippen LogP contribution in [0.3, 0.4) is 0 Å². The number of nitrogens with zero attached hydrogens (tertiary/aromatic N) is 3. The third-order valence-electron chi connectivity index (χ3n) is 7.36. The van der Waals surface area contributed by atoms with Gasteiger partial charge in [0.05, 0.1) is 12.1 Å². The van der Waals surface area contributed by atoms with Crippen LogP contribution in [0, 0.1) is 18.7 Å². The summed E-state index contributed by atoms with van der Waals surface area (Å²) in [6.45, 7) is 7.77. The normalized spacial score (nSPS) is 19.1. The first-order valence-electron chi connectivity index (χ1n) is 12.6. The molecule has 188 valence electrons. The predicted molar refractivity (Wildman–Crippen MR) is 136 cm³/mol. The van der Waals surface area contributed by atoms with E-state index in [9.17, 15) is 14.0 Å². The summed E-state index contributed by atoms with van der Waals surface area (Å²) >= 11 is 0. The number of hydrogen-bond donors (Lipinski definition) is 0. The zero-order valence-corrected chi connectivity index (χ0v) is 21.1. The van der Waals surface area contributed by atoms with Crippen LogP contribution in [0.5, 0.6) is 0 Å². The molecule has 0 bridgehead atoms. The molecule has 0 saturated carbocycles. The molecule has 4 heterocycles. The molecule has 2 aromatic heterocycles. The van der Waals surface area contributed by atoms with Gasteiger partial charge in [-0.05, 0) is 80.1 Å². The highest BCUT2D eigenvalue weighted by molar-refractivity contribution is 5.79. The minimum absolute atomic E-state index is 0.0594. The topological polar surface area (TPSA) is 64.4 Å². The molecule has 1 aromatic carbocycles. The molecule has 0 unspecified atom stereocenters. The molecule has 1 fully saturated rings. The number of hydrogen-bond acceptors (Lipinski definition) is 4. The van der Waals surface area contributed by atoms with Gasteiger partial charge in [-0.2, -0.15) is 0 Å². The second-order valence-corrected chi connectivity index (χ2v) is 10.6. The van der Waals surface area contributed by atoms with Crippen molar-refractivity contribution in [3.05, 3.63) is 87.3 Å². The number of benzene rings is 1. The molecule has 2 aliphatic heterocycles. The van der Waals surface area contributed by atoms with Crippen LogP contribution >= 0.6 is 0 Å². The van der Waals surface area contributed by atoms with Gasteiger partial charge in [0.25, 0.3) is 5.56 Å². The van der Waals surface area contributed by atoms with Crippen molar-refractivity contribution in [2.45, 2.75) is 58.7 Å². The first-order chi connectivity index (χ1) is 17.2. The molecular formula is C29H32FN3O3. The maximum atomic E-state index is 14.0. The second-order valence-electron chi connectivity index (χ2n) is 10.6. The van der Waals surface area contributed by atoms with Crippen LogP contribution in [0.25, 0.3) is 11.1 Å². The molecule has 0 N–H and O–H groups in total. The van der Waals surface area contributed by atoms with E-state index in [2.05, 4.69) is 4.98 Å². The van der Waals surface area contributed by atoms with Crippen molar-refractivity contribution in [3.63, 3.8) is 0 Å². The van der Waals surface area contributed by atoms with E-state index in [0.717, 1.165) is 23.2 Å². The molecule has 5 rings (SSSR count). The Morgan fingerprint density at radius 2 is 2.08 bits per heavy atom. The van der Waals surface area contributed by atoms with Gasteiger partial charge >= 0.3 is 0 Å². The van der Waals surface area contributed by atoms with Crippen LogP contribution in [0.4, 0.5) is 4.39 Å². The lowest BCUT2D eigenvalue weighted by Crippen LogP contribution is -2.46. The van der Waals surface area contributed by atoms with Gasteiger partial charge < -0.3 is 14.2 Å². The van der Waals surface area contributed by atoms with Crippen molar-refractivity contribution in [3.8, 4) is 11.1 Å². The number of pyridine rings is 2. The molecule has 1 amide bonds. The van der Waals surface area contributed by atoms with Crippen molar-refractivity contribution in [2.24, 2.45) is 5.92 Å². The maximum absolute atomic E-state index is 14.0. The summed E-state index contributed by atoms with van der Waals surface area (Å²) in [7, 11) is 0. The Balaban J connectivity index is 1.54. The van der Waals surface area contributed by atoms with Gasteiger partial charge in [0, 0.05) is 55.7 Å². The van der Waals surface area contributed by atoms with Crippen LogP contribution in [0.1, 0.15) is 49.1 Å². The highest BCUT2D eigenvalue weighted by atomic mass is 19.1. The summed E-state index contributed by atoms with van der Waals surface area (Å²) < 4.78 is 21.6. The minimum atomic E-state index is -0.302. The van der Waals surface area contributed by atoms with Gasteiger partial charge in [-0.1, -0.05) is 12.1 Å². The molecule has 1 atom stereocenters. The van der Waals surface area contributed by atoms with E-state index in [0.29, 0.717) is 55.8 Å². The summed E-state index contributed by atoms with van der Waals surface area (Å²) in [5.41, 5.74) is 4.10. The predicted octanol–water partition coefficient (Wildman–Crippen LogP) is 4.50. The average molecular weight is 490 g/mol. The van der Waals surface area contributed by atoms with Gasteiger partial charge in [-0.15, -0.1) is 0 Å². The summed E-state index contributed by atoms with van der Waals surface area (Å²) in [5, 5.41) is 0. The lowest BCUT2D eigenvalue weighted by Gasteiger charge is -2.38. The van der Waals surface area contributed by atoms with Crippen molar-refractivity contribution >= 4 is 5.91 Å². The Morgan fingerprint density at radius 3 is 2.81 bits per heavy atom. The molecule has 0 spiro atoms. The van der Waals surface area contributed by atoms with E-state index in [-0.39, 0.29) is 28.8 Å². The summed E-state index contributed by atoms with van der Waals surface area (Å²) in [6, 6.07) is 10.5. The molecule has 3 aromatic rings. The number of fused-ring (bicyclic) bond motifs is 1. The van der Waals surface area contributed by atoms with Crippen LogP contribution in [0.15, 0.2) is 53.6 Å². The highest BCUT2D eigenvalue weighted by Crippen LogP contribution is 2.32. The lowest BCUT2D eigenvalue weighted by atomic mass is 9.87. The Kier molecular flexibility index (Phi) is 6.51. The average Bonchev–Trinajstić information content (AvgIpc) is 2.86. The molecular weight excluding hydrogens is 457 g/mol. The first-order valence-corrected chi connectivity index (χ1v) is 12.6. The second kappa shape index (κ2) is 9.62. The van der Waals surface area contributed by atoms with Crippen molar-refractivity contribution in [1.82, 2.24) is 14.5 Å². The number of carbonyl (C=O) groups excluding carboxylic acids is 1. The van der Waals surface area contributed by atoms with Gasteiger partial charge in [0.15, 0.2) is 0 Å². The molecule has 0 radical (unpaired) electrons. The number of rotatable bonds is 4. The minimum Gasteiger partial charge on any atom is -0.376 e. The largest absolute Gasteiger partial charge is 0.376 e. The third-order valence-corrected chi connectivity index (χ3v) is 7.36. The highest BCUT2D eigenvalue weighted by Gasteiger charge is 2.36. The van der Waals surface area contributed by atoms with Crippen LogP contribution in [0.2, 0.25) is 0 Å². The summed E-state index contributed by atoms with van der Waals surface area (Å²) in [4.78, 5) is 33.3. The van der Waals surface area contributed by atoms with Crippen LogP contribution in [-0.2, 0) is 29.0 Å². The van der Waals surface area contributed by atoms with Gasteiger partial charge in [-0.3, -0.25) is 14.6 Å². The SMILES string of the molecule is Cc1cc(-c2cc3c(n(Cc4cccnc4)c2=O)CCN(C(=O)[C@@H]2CCOC(C)(C)C2)C3)ccc1F. The van der Waals surface area contributed by atoms with Gasteiger partial charge in [0.2, 0.25) is 5.91 Å². The van der Waals surface area contributed by atoms with E-state index in [1.54, 1.807) is 36.0 Å². The maximum Gasteiger partial charge on any atom is 0.258 e. The molecule has 7 heteroatoms. The quantitative estimate of drug-likeness (QED) is 0.542. The zero-order valence-electron chi connectivity index (χ0n) is 21.1. The summed E-state index contributed by atoms with van der Waals surface area (Å²) in [6.07, 6.45) is 5.51. The van der Waals surface area contributed by atoms with Gasteiger partial charge in [0.1, 0.15) is 5.82 Å². The standard InChI is InChI=1S/C29H32FN3O3/c1-19-13-21(6-7-25(19)30)24-14-23-18-32(27(34)22-9-12-36-29(2,3)15-22)11-8-26(23)33(28(24)35)17-20-5-4-10-31-16-20/h4-7,10,13-14,16,22H,8-9,11-12,15,17-18H2,1-3H3/t22-/m1/s1. The fraction of sp³-hybridized carbons (Fsp3) is 0.414. The Labute approximate surface area is 210 Å². The number of amides is 1. The van der Waals surface area contributed by atoms with Crippen molar-refractivity contribution in [2.75, 3.05) is 13.2 Å².